The first-order chi connectivity index (χ1) is 10.3. The molecule has 1 aliphatic rings. The SMILES string of the molecule is Cc1sc2c(c1-c1ccc(S(C)(=O)=O)cc1)C(C)C(=O)OC2. The van der Waals surface area contributed by atoms with E-state index in [0.717, 1.165) is 26.4 Å². The van der Waals surface area contributed by atoms with Gasteiger partial charge in [-0.05, 0) is 42.7 Å². The van der Waals surface area contributed by atoms with E-state index < -0.39 is 9.84 Å². The quantitative estimate of drug-likeness (QED) is 0.790. The Kier molecular flexibility index (Phi) is 3.61. The fraction of sp³-hybridized carbons (Fsp3) is 0.312. The van der Waals surface area contributed by atoms with Gasteiger partial charge in [-0.1, -0.05) is 12.1 Å². The summed E-state index contributed by atoms with van der Waals surface area (Å²) in [5, 5.41) is 0. The molecule has 3 rings (SSSR count). The predicted octanol–water partition coefficient (Wildman–Crippen LogP) is 3.29. The van der Waals surface area contributed by atoms with Gasteiger partial charge in [-0.25, -0.2) is 8.42 Å². The molecular weight excluding hydrogens is 320 g/mol. The Hall–Kier alpha value is -1.66. The summed E-state index contributed by atoms with van der Waals surface area (Å²) < 4.78 is 28.3. The molecule has 0 fully saturated rings. The van der Waals surface area contributed by atoms with Crippen LogP contribution in [0.25, 0.3) is 11.1 Å². The van der Waals surface area contributed by atoms with Crippen LogP contribution in [0.2, 0.25) is 0 Å². The Morgan fingerprint density at radius 3 is 2.45 bits per heavy atom. The zero-order chi connectivity index (χ0) is 16.1. The van der Waals surface area contributed by atoms with Crippen molar-refractivity contribution in [1.29, 1.82) is 0 Å². The largest absolute Gasteiger partial charge is 0.459 e. The third-order valence-corrected chi connectivity index (χ3v) is 6.12. The van der Waals surface area contributed by atoms with E-state index in [1.807, 2.05) is 13.8 Å². The molecule has 0 N–H and O–H groups in total. The van der Waals surface area contributed by atoms with Crippen molar-refractivity contribution in [1.82, 2.24) is 0 Å². The zero-order valence-corrected chi connectivity index (χ0v) is 14.2. The van der Waals surface area contributed by atoms with E-state index in [2.05, 4.69) is 0 Å². The maximum absolute atomic E-state index is 11.8. The molecule has 1 aromatic carbocycles. The number of esters is 1. The van der Waals surface area contributed by atoms with Crippen molar-refractivity contribution in [2.75, 3.05) is 6.26 Å². The van der Waals surface area contributed by atoms with Crippen molar-refractivity contribution in [3.8, 4) is 11.1 Å². The van der Waals surface area contributed by atoms with Crippen LogP contribution in [0.15, 0.2) is 29.2 Å². The van der Waals surface area contributed by atoms with E-state index in [0.29, 0.717) is 11.5 Å². The second-order valence-corrected chi connectivity index (χ2v) is 8.82. The van der Waals surface area contributed by atoms with Gasteiger partial charge in [0.05, 0.1) is 10.8 Å². The number of carbonyl (C=O) groups excluding carboxylic acids is 1. The van der Waals surface area contributed by atoms with Crippen LogP contribution >= 0.6 is 11.3 Å². The molecule has 1 aliphatic heterocycles. The van der Waals surface area contributed by atoms with Crippen molar-refractivity contribution in [2.45, 2.75) is 31.3 Å². The van der Waals surface area contributed by atoms with Gasteiger partial charge in [0.15, 0.2) is 9.84 Å². The van der Waals surface area contributed by atoms with Crippen LogP contribution in [-0.2, 0) is 26.0 Å². The molecule has 0 aliphatic carbocycles. The predicted molar refractivity (Wildman–Crippen MR) is 85.8 cm³/mol. The molecule has 116 valence electrons. The topological polar surface area (TPSA) is 60.4 Å². The molecule has 0 radical (unpaired) electrons. The van der Waals surface area contributed by atoms with Gasteiger partial charge in [-0.15, -0.1) is 11.3 Å². The third kappa shape index (κ3) is 2.46. The number of sulfone groups is 1. The summed E-state index contributed by atoms with van der Waals surface area (Å²) in [6.07, 6.45) is 1.19. The first-order valence-corrected chi connectivity index (χ1v) is 9.59. The molecule has 22 heavy (non-hydrogen) atoms. The summed E-state index contributed by atoms with van der Waals surface area (Å²) in [5.41, 5.74) is 2.99. The van der Waals surface area contributed by atoms with E-state index in [1.54, 1.807) is 35.6 Å². The van der Waals surface area contributed by atoms with E-state index in [1.165, 1.54) is 6.26 Å². The number of thiophene rings is 1. The third-order valence-electron chi connectivity index (χ3n) is 3.90. The molecule has 0 saturated heterocycles. The lowest BCUT2D eigenvalue weighted by atomic mass is 9.91. The Labute approximate surface area is 133 Å². The molecule has 0 saturated carbocycles. The summed E-state index contributed by atoms with van der Waals surface area (Å²) in [4.78, 5) is 14.3. The summed E-state index contributed by atoms with van der Waals surface area (Å²) >= 11 is 1.63. The lowest BCUT2D eigenvalue weighted by molar-refractivity contribution is -0.147. The minimum Gasteiger partial charge on any atom is -0.459 e. The smallest absolute Gasteiger partial charge is 0.313 e. The van der Waals surface area contributed by atoms with Crippen LogP contribution < -0.4 is 0 Å². The standard InChI is InChI=1S/C16H16O4S2/c1-9-14-13(8-20-16(9)17)21-10(2)15(14)11-4-6-12(7-5-11)22(3,18)19/h4-7,9H,8H2,1-3H3. The van der Waals surface area contributed by atoms with Crippen LogP contribution in [0.5, 0.6) is 0 Å². The first kappa shape index (κ1) is 15.2. The molecule has 1 unspecified atom stereocenters. The lowest BCUT2D eigenvalue weighted by Crippen LogP contribution is -2.19. The fourth-order valence-electron chi connectivity index (χ4n) is 2.79. The van der Waals surface area contributed by atoms with Gasteiger partial charge in [-0.3, -0.25) is 4.79 Å². The average molecular weight is 336 g/mol. The maximum Gasteiger partial charge on any atom is 0.313 e. The van der Waals surface area contributed by atoms with Crippen LogP contribution in [0.3, 0.4) is 0 Å². The number of benzene rings is 1. The molecule has 4 nitrogen and oxygen atoms in total. The number of cyclic esters (lactones) is 1. The van der Waals surface area contributed by atoms with Crippen LogP contribution in [-0.4, -0.2) is 20.6 Å². The normalized spacial score (nSPS) is 18.0. The summed E-state index contributed by atoms with van der Waals surface area (Å²) in [6.45, 7) is 4.19. The fourth-order valence-corrected chi connectivity index (χ4v) is 4.63. The number of hydrogen-bond acceptors (Lipinski definition) is 5. The van der Waals surface area contributed by atoms with E-state index >= 15 is 0 Å². The molecule has 6 heteroatoms. The Morgan fingerprint density at radius 1 is 1.23 bits per heavy atom. The number of rotatable bonds is 2. The highest BCUT2D eigenvalue weighted by Crippen LogP contribution is 2.43. The van der Waals surface area contributed by atoms with Crippen molar-refractivity contribution >= 4 is 27.1 Å². The van der Waals surface area contributed by atoms with Crippen LogP contribution in [0.4, 0.5) is 0 Å². The molecule has 0 bridgehead atoms. The second kappa shape index (κ2) is 5.21. The van der Waals surface area contributed by atoms with Crippen molar-refractivity contribution < 1.29 is 17.9 Å². The molecule has 2 aromatic rings. The Balaban J connectivity index is 2.14. The number of hydrogen-bond donors (Lipinski definition) is 0. The lowest BCUT2D eigenvalue weighted by Gasteiger charge is -2.20. The van der Waals surface area contributed by atoms with Crippen LogP contribution in [0, 0.1) is 6.92 Å². The van der Waals surface area contributed by atoms with E-state index in [4.69, 9.17) is 4.74 Å². The molecule has 1 aromatic heterocycles. The van der Waals surface area contributed by atoms with Gasteiger partial charge in [0.25, 0.3) is 0 Å². The highest BCUT2D eigenvalue weighted by molar-refractivity contribution is 7.90. The Morgan fingerprint density at radius 2 is 1.86 bits per heavy atom. The van der Waals surface area contributed by atoms with Crippen molar-refractivity contribution in [3.63, 3.8) is 0 Å². The van der Waals surface area contributed by atoms with Gasteiger partial charge in [0, 0.05) is 16.0 Å². The van der Waals surface area contributed by atoms with Gasteiger partial charge in [-0.2, -0.15) is 0 Å². The second-order valence-electron chi connectivity index (χ2n) is 5.50. The minimum atomic E-state index is -3.21. The van der Waals surface area contributed by atoms with Gasteiger partial charge >= 0.3 is 5.97 Å². The van der Waals surface area contributed by atoms with Crippen molar-refractivity contribution in [3.05, 3.63) is 39.6 Å². The van der Waals surface area contributed by atoms with Crippen molar-refractivity contribution in [2.24, 2.45) is 0 Å². The summed E-state index contributed by atoms with van der Waals surface area (Å²) in [6, 6.07) is 6.83. The average Bonchev–Trinajstić information content (AvgIpc) is 2.79. The van der Waals surface area contributed by atoms with Crippen LogP contribution in [0.1, 0.15) is 28.2 Å². The summed E-state index contributed by atoms with van der Waals surface area (Å²) in [7, 11) is -3.21. The number of fused-ring (bicyclic) bond motifs is 1. The Bertz CT molecular complexity index is 845. The molecule has 1 atom stereocenters. The van der Waals surface area contributed by atoms with Gasteiger partial charge in [0.1, 0.15) is 6.61 Å². The molecule has 0 spiro atoms. The zero-order valence-electron chi connectivity index (χ0n) is 12.5. The number of aryl methyl sites for hydroxylation is 1. The van der Waals surface area contributed by atoms with Gasteiger partial charge < -0.3 is 4.74 Å². The van der Waals surface area contributed by atoms with E-state index in [9.17, 15) is 13.2 Å². The molecule has 2 heterocycles. The van der Waals surface area contributed by atoms with Gasteiger partial charge in [0.2, 0.25) is 0 Å². The first-order valence-electron chi connectivity index (χ1n) is 6.88. The monoisotopic (exact) mass is 336 g/mol. The minimum absolute atomic E-state index is 0.209. The summed E-state index contributed by atoms with van der Waals surface area (Å²) in [5.74, 6) is -0.502. The number of ether oxygens (including phenoxy) is 1. The number of carbonyl (C=O) groups is 1. The highest BCUT2D eigenvalue weighted by Gasteiger charge is 2.31. The van der Waals surface area contributed by atoms with E-state index in [-0.39, 0.29) is 11.9 Å². The molecule has 0 amide bonds. The highest BCUT2D eigenvalue weighted by atomic mass is 32.2. The molecular formula is C16H16O4S2. The maximum atomic E-state index is 11.8.